The summed E-state index contributed by atoms with van der Waals surface area (Å²) >= 11 is 0. The molecule has 0 rings (SSSR count). The maximum atomic E-state index is 9.27. The Bertz CT molecular complexity index is 75.4. The summed E-state index contributed by atoms with van der Waals surface area (Å²) in [6, 6.07) is 0. The van der Waals surface area contributed by atoms with E-state index in [0.29, 0.717) is 19.1 Å². The lowest BCUT2D eigenvalue weighted by Crippen LogP contribution is -2.19. The standard InChI is InChI=1S/C8H18O3/c1-7(5-10-2)4-8(9)6-11-3/h7-9H,4-6H2,1-3H3. The van der Waals surface area contributed by atoms with Crippen molar-refractivity contribution in [1.29, 1.82) is 0 Å². The van der Waals surface area contributed by atoms with Crippen molar-refractivity contribution >= 4 is 0 Å². The molecule has 1 N–H and O–H groups in total. The molecule has 68 valence electrons. The minimum absolute atomic E-state index is 0.356. The van der Waals surface area contributed by atoms with Crippen LogP contribution in [-0.4, -0.2) is 38.6 Å². The number of hydrogen-bond donors (Lipinski definition) is 1. The molecule has 0 aliphatic rings. The zero-order valence-corrected chi connectivity index (χ0v) is 7.54. The second-order valence-electron chi connectivity index (χ2n) is 2.91. The van der Waals surface area contributed by atoms with Crippen LogP contribution in [0.5, 0.6) is 0 Å². The molecule has 3 nitrogen and oxygen atoms in total. The molecule has 0 aliphatic carbocycles. The van der Waals surface area contributed by atoms with Gasteiger partial charge in [0.15, 0.2) is 0 Å². The molecule has 0 fully saturated rings. The highest BCUT2D eigenvalue weighted by atomic mass is 16.5. The third-order valence-corrected chi connectivity index (χ3v) is 1.48. The first-order valence-electron chi connectivity index (χ1n) is 3.86. The Kier molecular flexibility index (Phi) is 6.51. The molecule has 0 heterocycles. The molecule has 0 spiro atoms. The lowest BCUT2D eigenvalue weighted by atomic mass is 10.1. The van der Waals surface area contributed by atoms with Crippen LogP contribution < -0.4 is 0 Å². The van der Waals surface area contributed by atoms with Gasteiger partial charge in [0.2, 0.25) is 0 Å². The van der Waals surface area contributed by atoms with Crippen LogP contribution in [0.15, 0.2) is 0 Å². The molecule has 0 saturated carbocycles. The Hall–Kier alpha value is -0.120. The second kappa shape index (κ2) is 6.58. The number of rotatable bonds is 6. The predicted molar refractivity (Wildman–Crippen MR) is 43.5 cm³/mol. The van der Waals surface area contributed by atoms with E-state index >= 15 is 0 Å². The van der Waals surface area contributed by atoms with E-state index in [9.17, 15) is 5.11 Å². The highest BCUT2D eigenvalue weighted by Crippen LogP contribution is 2.05. The summed E-state index contributed by atoms with van der Waals surface area (Å²) in [5.74, 6) is 0.394. The molecule has 0 aromatic rings. The molecule has 0 bridgehead atoms. The van der Waals surface area contributed by atoms with Gasteiger partial charge in [0.1, 0.15) is 0 Å². The summed E-state index contributed by atoms with van der Waals surface area (Å²) in [6.07, 6.45) is 0.381. The second-order valence-corrected chi connectivity index (χ2v) is 2.91. The average molecular weight is 162 g/mol. The van der Waals surface area contributed by atoms with E-state index in [4.69, 9.17) is 9.47 Å². The molecule has 11 heavy (non-hydrogen) atoms. The summed E-state index contributed by atoms with van der Waals surface area (Å²) < 4.78 is 9.72. The fraction of sp³-hybridized carbons (Fsp3) is 1.00. The van der Waals surface area contributed by atoms with Gasteiger partial charge in [0.05, 0.1) is 12.7 Å². The van der Waals surface area contributed by atoms with Crippen LogP contribution in [0.3, 0.4) is 0 Å². The Morgan fingerprint density at radius 3 is 2.18 bits per heavy atom. The van der Waals surface area contributed by atoms with Crippen LogP contribution >= 0.6 is 0 Å². The third-order valence-electron chi connectivity index (χ3n) is 1.48. The molecular weight excluding hydrogens is 144 g/mol. The number of methoxy groups -OCH3 is 2. The number of aliphatic hydroxyl groups is 1. The fourth-order valence-corrected chi connectivity index (χ4v) is 1.08. The van der Waals surface area contributed by atoms with Crippen LogP contribution in [0.1, 0.15) is 13.3 Å². The van der Waals surface area contributed by atoms with Crippen molar-refractivity contribution in [3.63, 3.8) is 0 Å². The summed E-state index contributed by atoms with van der Waals surface area (Å²) in [6.45, 7) is 3.15. The third kappa shape index (κ3) is 6.28. The normalized spacial score (nSPS) is 16.4. The molecule has 0 aliphatic heterocycles. The smallest absolute Gasteiger partial charge is 0.0776 e. The van der Waals surface area contributed by atoms with Gasteiger partial charge in [-0.1, -0.05) is 6.92 Å². The van der Waals surface area contributed by atoms with E-state index in [1.165, 1.54) is 0 Å². The van der Waals surface area contributed by atoms with Crippen LogP contribution in [0.2, 0.25) is 0 Å². The maximum absolute atomic E-state index is 9.27. The Morgan fingerprint density at radius 2 is 1.73 bits per heavy atom. The highest BCUT2D eigenvalue weighted by Gasteiger charge is 2.09. The number of hydrogen-bond acceptors (Lipinski definition) is 3. The van der Waals surface area contributed by atoms with Gasteiger partial charge in [-0.05, 0) is 12.3 Å². The van der Waals surface area contributed by atoms with Crippen molar-refractivity contribution in [3.05, 3.63) is 0 Å². The van der Waals surface area contributed by atoms with Crippen LogP contribution in [0.4, 0.5) is 0 Å². The minimum Gasteiger partial charge on any atom is -0.391 e. The van der Waals surface area contributed by atoms with E-state index in [1.807, 2.05) is 6.92 Å². The quantitative estimate of drug-likeness (QED) is 0.623. The van der Waals surface area contributed by atoms with Gasteiger partial charge in [-0.2, -0.15) is 0 Å². The van der Waals surface area contributed by atoms with E-state index in [1.54, 1.807) is 14.2 Å². The van der Waals surface area contributed by atoms with Gasteiger partial charge in [-0.25, -0.2) is 0 Å². The first kappa shape index (κ1) is 10.9. The van der Waals surface area contributed by atoms with E-state index in [2.05, 4.69) is 0 Å². The zero-order chi connectivity index (χ0) is 8.69. The zero-order valence-electron chi connectivity index (χ0n) is 7.54. The SMILES string of the molecule is COCC(C)CC(O)COC. The fourth-order valence-electron chi connectivity index (χ4n) is 1.08. The maximum Gasteiger partial charge on any atom is 0.0776 e. The largest absolute Gasteiger partial charge is 0.391 e. The van der Waals surface area contributed by atoms with Gasteiger partial charge in [-0.15, -0.1) is 0 Å². The van der Waals surface area contributed by atoms with Crippen molar-refractivity contribution in [1.82, 2.24) is 0 Å². The van der Waals surface area contributed by atoms with Crippen molar-refractivity contribution in [2.24, 2.45) is 5.92 Å². The summed E-state index contributed by atoms with van der Waals surface area (Å²) in [5.41, 5.74) is 0. The Labute approximate surface area is 68.3 Å². The van der Waals surface area contributed by atoms with Crippen molar-refractivity contribution < 1.29 is 14.6 Å². The van der Waals surface area contributed by atoms with E-state index < -0.39 is 0 Å². The van der Waals surface area contributed by atoms with Gasteiger partial charge >= 0.3 is 0 Å². The van der Waals surface area contributed by atoms with Crippen LogP contribution in [0, 0.1) is 5.92 Å². The Morgan fingerprint density at radius 1 is 1.18 bits per heavy atom. The van der Waals surface area contributed by atoms with Gasteiger partial charge in [0.25, 0.3) is 0 Å². The molecular formula is C8H18O3. The highest BCUT2D eigenvalue weighted by molar-refractivity contribution is 4.59. The average Bonchev–Trinajstić information content (AvgIpc) is 1.87. The molecule has 0 saturated heterocycles. The van der Waals surface area contributed by atoms with Crippen molar-refractivity contribution in [2.75, 3.05) is 27.4 Å². The van der Waals surface area contributed by atoms with Crippen LogP contribution in [-0.2, 0) is 9.47 Å². The van der Waals surface area contributed by atoms with Crippen LogP contribution in [0.25, 0.3) is 0 Å². The molecule has 0 aromatic heterocycles. The number of ether oxygens (including phenoxy) is 2. The molecule has 0 radical (unpaired) electrons. The first-order valence-corrected chi connectivity index (χ1v) is 3.86. The lowest BCUT2D eigenvalue weighted by molar-refractivity contribution is 0.0384. The predicted octanol–water partition coefficient (Wildman–Crippen LogP) is 0.666. The van der Waals surface area contributed by atoms with Crippen molar-refractivity contribution in [2.45, 2.75) is 19.4 Å². The number of aliphatic hydroxyl groups excluding tert-OH is 1. The first-order chi connectivity index (χ1) is 5.20. The van der Waals surface area contributed by atoms with Crippen molar-refractivity contribution in [3.8, 4) is 0 Å². The molecule has 2 atom stereocenters. The minimum atomic E-state index is -0.356. The summed E-state index contributed by atoms with van der Waals surface area (Å²) in [7, 11) is 3.25. The van der Waals surface area contributed by atoms with E-state index in [0.717, 1.165) is 6.42 Å². The monoisotopic (exact) mass is 162 g/mol. The Balaban J connectivity index is 3.32. The topological polar surface area (TPSA) is 38.7 Å². The summed E-state index contributed by atoms with van der Waals surface area (Å²) in [5, 5.41) is 9.27. The van der Waals surface area contributed by atoms with E-state index in [-0.39, 0.29) is 6.10 Å². The molecule has 0 amide bonds. The van der Waals surface area contributed by atoms with Gasteiger partial charge in [0, 0.05) is 20.8 Å². The molecule has 0 aromatic carbocycles. The van der Waals surface area contributed by atoms with Gasteiger partial charge in [-0.3, -0.25) is 0 Å². The summed E-state index contributed by atoms with van der Waals surface area (Å²) in [4.78, 5) is 0. The molecule has 3 heteroatoms. The van der Waals surface area contributed by atoms with Gasteiger partial charge < -0.3 is 14.6 Å². The lowest BCUT2D eigenvalue weighted by Gasteiger charge is -2.14. The molecule has 2 unspecified atom stereocenters.